The zero-order valence-electron chi connectivity index (χ0n) is 18.3. The molecule has 0 amide bonds. The van der Waals surface area contributed by atoms with Crippen molar-refractivity contribution in [2.75, 3.05) is 18.1 Å². The lowest BCUT2D eigenvalue weighted by Crippen LogP contribution is -2.26. The van der Waals surface area contributed by atoms with Crippen LogP contribution in [0.2, 0.25) is 0 Å². The first-order chi connectivity index (χ1) is 14.5. The highest BCUT2D eigenvalue weighted by Gasteiger charge is 2.47. The molecule has 4 rings (SSSR count). The number of sulfonamides is 1. The fourth-order valence-electron chi connectivity index (χ4n) is 4.60. The lowest BCUT2D eigenvalue weighted by atomic mass is 9.75. The molecular formula is C23H25BrN2O4S. The number of benzene rings is 2. The molecular weight excluding hydrogens is 480 g/mol. The van der Waals surface area contributed by atoms with Gasteiger partial charge in [0.1, 0.15) is 17.6 Å². The summed E-state index contributed by atoms with van der Waals surface area (Å²) in [4.78, 5) is 4.52. The predicted molar refractivity (Wildman–Crippen MR) is 127 cm³/mol. The van der Waals surface area contributed by atoms with Crippen LogP contribution in [-0.4, -0.2) is 26.8 Å². The summed E-state index contributed by atoms with van der Waals surface area (Å²) in [5.74, 6) is 1.50. The van der Waals surface area contributed by atoms with Crippen molar-refractivity contribution in [2.24, 2.45) is 0 Å². The van der Waals surface area contributed by atoms with Crippen LogP contribution in [-0.2, 0) is 15.4 Å². The summed E-state index contributed by atoms with van der Waals surface area (Å²) in [6.45, 7) is 8.23. The van der Waals surface area contributed by atoms with Gasteiger partial charge in [-0.15, -0.1) is 0 Å². The molecule has 1 atom stereocenters. The van der Waals surface area contributed by atoms with E-state index in [1.807, 2.05) is 38.1 Å². The van der Waals surface area contributed by atoms with Crippen molar-refractivity contribution < 1.29 is 17.9 Å². The van der Waals surface area contributed by atoms with Crippen LogP contribution in [0.3, 0.4) is 0 Å². The van der Waals surface area contributed by atoms with E-state index in [1.165, 1.54) is 0 Å². The minimum atomic E-state index is -3.36. The molecule has 8 heteroatoms. The molecule has 0 saturated carbocycles. The van der Waals surface area contributed by atoms with E-state index in [0.717, 1.165) is 55.4 Å². The molecule has 0 aliphatic carbocycles. The first-order valence-corrected chi connectivity index (χ1v) is 12.5. The average molecular weight is 505 g/mol. The van der Waals surface area contributed by atoms with Crippen LogP contribution in [0.1, 0.15) is 42.2 Å². The van der Waals surface area contributed by atoms with Crippen molar-refractivity contribution in [3.8, 4) is 11.5 Å². The van der Waals surface area contributed by atoms with Crippen molar-refractivity contribution >= 4 is 42.5 Å². The summed E-state index contributed by atoms with van der Waals surface area (Å²) in [5, 5.41) is 0.925. The maximum absolute atomic E-state index is 11.7. The Hall–Kier alpha value is -2.32. The summed E-state index contributed by atoms with van der Waals surface area (Å²) >= 11 is 3.71. The summed E-state index contributed by atoms with van der Waals surface area (Å²) in [6, 6.07) is 7.58. The summed E-state index contributed by atoms with van der Waals surface area (Å²) in [6.07, 6.45) is 2.61. The molecule has 6 nitrogen and oxygen atoms in total. The molecule has 1 aliphatic rings. The molecule has 31 heavy (non-hydrogen) atoms. The van der Waals surface area contributed by atoms with Gasteiger partial charge < -0.3 is 9.47 Å². The highest BCUT2D eigenvalue weighted by atomic mass is 79.9. The maximum atomic E-state index is 11.7. The number of fused-ring (bicyclic) bond motifs is 2. The Kier molecular flexibility index (Phi) is 5.21. The molecule has 0 fully saturated rings. The van der Waals surface area contributed by atoms with E-state index in [1.54, 1.807) is 13.3 Å². The average Bonchev–Trinajstić information content (AvgIpc) is 2.92. The number of pyridine rings is 1. The molecule has 3 aromatic rings. The van der Waals surface area contributed by atoms with Crippen molar-refractivity contribution in [3.05, 3.63) is 57.2 Å². The van der Waals surface area contributed by atoms with E-state index >= 15 is 0 Å². The second kappa shape index (κ2) is 7.38. The minimum absolute atomic E-state index is 0.281. The lowest BCUT2D eigenvalue weighted by Gasteiger charge is -2.30. The van der Waals surface area contributed by atoms with Gasteiger partial charge in [0.2, 0.25) is 10.0 Å². The van der Waals surface area contributed by atoms with Gasteiger partial charge in [0, 0.05) is 28.2 Å². The molecule has 0 bridgehead atoms. The van der Waals surface area contributed by atoms with Gasteiger partial charge in [0.05, 0.1) is 23.4 Å². The fourth-order valence-corrected chi connectivity index (χ4v) is 5.76. The number of ether oxygens (including phenoxy) is 2. The van der Waals surface area contributed by atoms with E-state index < -0.39 is 15.4 Å². The van der Waals surface area contributed by atoms with Crippen LogP contribution < -0.4 is 14.2 Å². The molecule has 2 aromatic carbocycles. The van der Waals surface area contributed by atoms with E-state index in [4.69, 9.17) is 9.47 Å². The van der Waals surface area contributed by atoms with E-state index in [2.05, 4.69) is 39.5 Å². The fraction of sp³-hybridized carbons (Fsp3) is 0.348. The highest BCUT2D eigenvalue weighted by Crippen LogP contribution is 2.59. The molecule has 0 radical (unpaired) electrons. The highest BCUT2D eigenvalue weighted by molar-refractivity contribution is 9.10. The second-order valence-electron chi connectivity index (χ2n) is 8.57. The minimum Gasteiger partial charge on any atom is -0.496 e. The second-order valence-corrected chi connectivity index (χ2v) is 11.1. The Morgan fingerprint density at radius 3 is 2.45 bits per heavy atom. The Morgan fingerprint density at radius 1 is 1.23 bits per heavy atom. The molecule has 2 heterocycles. The Morgan fingerprint density at radius 2 is 1.87 bits per heavy atom. The maximum Gasteiger partial charge on any atom is 0.229 e. The zero-order chi connectivity index (χ0) is 22.7. The van der Waals surface area contributed by atoms with E-state index in [-0.39, 0.29) is 6.10 Å². The van der Waals surface area contributed by atoms with Gasteiger partial charge in [-0.2, -0.15) is 0 Å². The summed E-state index contributed by atoms with van der Waals surface area (Å²) < 4.78 is 39.2. The van der Waals surface area contributed by atoms with Crippen molar-refractivity contribution in [2.45, 2.75) is 39.2 Å². The normalized spacial score (nSPS) is 17.3. The largest absolute Gasteiger partial charge is 0.496 e. The zero-order valence-corrected chi connectivity index (χ0v) is 20.7. The number of hydrogen-bond donors (Lipinski definition) is 1. The number of hydrogen-bond acceptors (Lipinski definition) is 5. The topological polar surface area (TPSA) is 77.5 Å². The van der Waals surface area contributed by atoms with E-state index in [9.17, 15) is 8.42 Å². The molecule has 0 saturated heterocycles. The molecule has 1 unspecified atom stereocenters. The first kappa shape index (κ1) is 21.9. The van der Waals surface area contributed by atoms with Crippen molar-refractivity contribution in [3.63, 3.8) is 0 Å². The summed E-state index contributed by atoms with van der Waals surface area (Å²) in [5.41, 5.74) is 4.86. The number of anilines is 1. The number of aromatic nitrogens is 1. The number of aryl methyl sites for hydroxylation is 2. The SMILES string of the molecule is COc1c2c(c(Br)c3ncccc13)OC(c1c(C)cc(NS(C)(=O)=O)cc1C)C2(C)C. The monoisotopic (exact) mass is 504 g/mol. The van der Waals surface area contributed by atoms with Gasteiger partial charge in [-0.3, -0.25) is 9.71 Å². The molecule has 0 spiro atoms. The molecule has 1 N–H and O–H groups in total. The number of nitrogens with zero attached hydrogens (tertiary/aromatic N) is 1. The molecule has 164 valence electrons. The number of nitrogens with one attached hydrogen (secondary N) is 1. The molecule has 1 aliphatic heterocycles. The first-order valence-electron chi connectivity index (χ1n) is 9.86. The van der Waals surface area contributed by atoms with Gasteiger partial charge in [0.25, 0.3) is 0 Å². The number of halogens is 1. The smallest absolute Gasteiger partial charge is 0.229 e. The molecule has 1 aromatic heterocycles. The van der Waals surface area contributed by atoms with Gasteiger partial charge in [-0.1, -0.05) is 13.8 Å². The number of methoxy groups -OCH3 is 1. The van der Waals surface area contributed by atoms with Crippen LogP contribution in [0, 0.1) is 13.8 Å². The third-order valence-electron chi connectivity index (χ3n) is 5.81. The number of rotatable bonds is 4. The Bertz CT molecular complexity index is 1300. The van der Waals surface area contributed by atoms with Gasteiger partial charge in [-0.25, -0.2) is 8.42 Å². The lowest BCUT2D eigenvalue weighted by molar-refractivity contribution is 0.166. The van der Waals surface area contributed by atoms with Crippen molar-refractivity contribution in [1.29, 1.82) is 0 Å². The van der Waals surface area contributed by atoms with Gasteiger partial charge >= 0.3 is 0 Å². The van der Waals surface area contributed by atoms with Crippen molar-refractivity contribution in [1.82, 2.24) is 4.98 Å². The summed E-state index contributed by atoms with van der Waals surface area (Å²) in [7, 11) is -1.69. The predicted octanol–water partition coefficient (Wildman–Crippen LogP) is 5.41. The third-order valence-corrected chi connectivity index (χ3v) is 7.15. The standard InChI is InChI=1S/C23H25BrN2O4S/c1-12-10-14(26-31(6,27)28)11-13(2)16(12)22-23(3,4)17-20(29-5)15-8-7-9-25-19(15)18(24)21(17)30-22/h7-11,22,26H,1-6H3. The Labute approximate surface area is 191 Å². The third kappa shape index (κ3) is 3.55. The van der Waals surface area contributed by atoms with Crippen LogP contribution in [0.4, 0.5) is 5.69 Å². The van der Waals surface area contributed by atoms with Crippen LogP contribution in [0.5, 0.6) is 11.5 Å². The van der Waals surface area contributed by atoms with Gasteiger partial charge in [0.15, 0.2) is 0 Å². The van der Waals surface area contributed by atoms with Crippen LogP contribution in [0.15, 0.2) is 34.9 Å². The van der Waals surface area contributed by atoms with Crippen LogP contribution in [0.25, 0.3) is 10.9 Å². The van der Waals surface area contributed by atoms with E-state index in [0.29, 0.717) is 5.69 Å². The van der Waals surface area contributed by atoms with Gasteiger partial charge in [-0.05, 0) is 70.7 Å². The quantitative estimate of drug-likeness (QED) is 0.514. The van der Waals surface area contributed by atoms with Crippen LogP contribution >= 0.6 is 15.9 Å². The Balaban J connectivity index is 1.91.